The van der Waals surface area contributed by atoms with Crippen LogP contribution < -0.4 is 9.44 Å². The van der Waals surface area contributed by atoms with E-state index >= 15 is 0 Å². The van der Waals surface area contributed by atoms with E-state index in [4.69, 9.17) is 0 Å². The maximum absolute atomic E-state index is 3.68. The van der Waals surface area contributed by atoms with Gasteiger partial charge < -0.3 is 4.72 Å². The van der Waals surface area contributed by atoms with Gasteiger partial charge >= 0.3 is 0 Å². The third kappa shape index (κ3) is 7.85. The van der Waals surface area contributed by atoms with Gasteiger partial charge in [-0.1, -0.05) is 6.58 Å². The molecule has 0 unspecified atom stereocenters. The van der Waals surface area contributed by atoms with E-state index in [0.29, 0.717) is 6.04 Å². The molecule has 0 aromatic rings. The van der Waals surface area contributed by atoms with Crippen LogP contribution in [-0.4, -0.2) is 6.04 Å². The fourth-order valence-corrected chi connectivity index (χ4v) is 0.703. The molecule has 0 spiro atoms. The summed E-state index contributed by atoms with van der Waals surface area (Å²) in [6.07, 6.45) is 0. The van der Waals surface area contributed by atoms with Crippen LogP contribution in [-0.2, 0) is 0 Å². The highest BCUT2D eigenvalue weighted by molar-refractivity contribution is 7.95. The standard InChI is InChI=1S/C6H14N2S/c1-5(2)7-9-8-6(3)4/h6-8H,1H2,2-4H3. The van der Waals surface area contributed by atoms with Gasteiger partial charge in [-0.2, -0.15) is 0 Å². The Kier molecular flexibility index (Phi) is 4.62. The summed E-state index contributed by atoms with van der Waals surface area (Å²) in [7, 11) is 0. The Morgan fingerprint density at radius 3 is 2.44 bits per heavy atom. The van der Waals surface area contributed by atoms with E-state index in [-0.39, 0.29) is 0 Å². The Bertz CT molecular complexity index is 91.1. The molecule has 0 heterocycles. The van der Waals surface area contributed by atoms with Crippen molar-refractivity contribution in [3.63, 3.8) is 0 Å². The molecule has 0 saturated carbocycles. The minimum absolute atomic E-state index is 0.502. The molecular weight excluding hydrogens is 132 g/mol. The van der Waals surface area contributed by atoms with E-state index in [1.807, 2.05) is 6.92 Å². The molecule has 0 atom stereocenters. The van der Waals surface area contributed by atoms with E-state index in [2.05, 4.69) is 29.9 Å². The van der Waals surface area contributed by atoms with Crippen LogP contribution in [0.1, 0.15) is 20.8 Å². The first kappa shape index (κ1) is 8.85. The SMILES string of the molecule is C=C(C)NSNC(C)C. The van der Waals surface area contributed by atoms with Crippen molar-refractivity contribution in [1.29, 1.82) is 0 Å². The second kappa shape index (κ2) is 4.70. The summed E-state index contributed by atoms with van der Waals surface area (Å²) in [5.74, 6) is 0. The highest BCUT2D eigenvalue weighted by Gasteiger charge is 1.89. The molecule has 2 N–H and O–H groups in total. The predicted octanol–water partition coefficient (Wildman–Crippen LogP) is 1.67. The van der Waals surface area contributed by atoms with Crippen LogP contribution in [0.25, 0.3) is 0 Å². The van der Waals surface area contributed by atoms with E-state index in [0.717, 1.165) is 5.70 Å². The molecule has 0 amide bonds. The molecule has 0 aromatic heterocycles. The monoisotopic (exact) mass is 146 g/mol. The van der Waals surface area contributed by atoms with Crippen molar-refractivity contribution in [2.45, 2.75) is 26.8 Å². The number of nitrogens with one attached hydrogen (secondary N) is 2. The average molecular weight is 146 g/mol. The number of hydrogen-bond acceptors (Lipinski definition) is 3. The zero-order valence-corrected chi connectivity index (χ0v) is 7.01. The highest BCUT2D eigenvalue weighted by atomic mass is 32.2. The molecule has 0 saturated heterocycles. The van der Waals surface area contributed by atoms with Gasteiger partial charge in [0.2, 0.25) is 0 Å². The zero-order valence-electron chi connectivity index (χ0n) is 6.19. The van der Waals surface area contributed by atoms with E-state index in [1.165, 1.54) is 12.1 Å². The Morgan fingerprint density at radius 1 is 1.56 bits per heavy atom. The fraction of sp³-hybridized carbons (Fsp3) is 0.667. The molecular formula is C6H14N2S. The smallest absolute Gasteiger partial charge is 0.0341 e. The first-order valence-corrected chi connectivity index (χ1v) is 3.77. The van der Waals surface area contributed by atoms with Crippen LogP contribution in [0, 0.1) is 0 Å². The summed E-state index contributed by atoms with van der Waals surface area (Å²) < 4.78 is 6.11. The lowest BCUT2D eigenvalue weighted by atomic mass is 10.4. The third-order valence-electron chi connectivity index (χ3n) is 0.520. The molecule has 54 valence electrons. The van der Waals surface area contributed by atoms with Gasteiger partial charge in [-0.25, -0.2) is 4.72 Å². The second-order valence-electron chi connectivity index (χ2n) is 2.26. The summed E-state index contributed by atoms with van der Waals surface area (Å²) in [6, 6.07) is 0.502. The summed E-state index contributed by atoms with van der Waals surface area (Å²) in [5, 5.41) is 0. The van der Waals surface area contributed by atoms with E-state index in [1.54, 1.807) is 0 Å². The van der Waals surface area contributed by atoms with Crippen molar-refractivity contribution in [1.82, 2.24) is 9.44 Å². The maximum Gasteiger partial charge on any atom is 0.0341 e. The molecule has 0 aromatic carbocycles. The third-order valence-corrected chi connectivity index (χ3v) is 1.56. The number of allylic oxidation sites excluding steroid dienone is 1. The number of hydrogen-bond donors (Lipinski definition) is 2. The van der Waals surface area contributed by atoms with Gasteiger partial charge in [0, 0.05) is 23.9 Å². The van der Waals surface area contributed by atoms with Gasteiger partial charge in [-0.3, -0.25) is 0 Å². The lowest BCUT2D eigenvalue weighted by Gasteiger charge is -2.07. The normalized spacial score (nSPS) is 9.78. The Labute approximate surface area is 61.4 Å². The molecule has 9 heavy (non-hydrogen) atoms. The van der Waals surface area contributed by atoms with Crippen LogP contribution in [0.15, 0.2) is 12.3 Å². The van der Waals surface area contributed by atoms with Crippen molar-refractivity contribution in [3.05, 3.63) is 12.3 Å². The van der Waals surface area contributed by atoms with Crippen molar-refractivity contribution < 1.29 is 0 Å². The van der Waals surface area contributed by atoms with Crippen LogP contribution in [0.3, 0.4) is 0 Å². The maximum atomic E-state index is 3.68. The quantitative estimate of drug-likeness (QED) is 0.590. The summed E-state index contributed by atoms with van der Waals surface area (Å²) >= 11 is 1.47. The Morgan fingerprint density at radius 2 is 2.11 bits per heavy atom. The predicted molar refractivity (Wildman–Crippen MR) is 43.8 cm³/mol. The largest absolute Gasteiger partial charge is 0.322 e. The first-order chi connectivity index (χ1) is 4.13. The lowest BCUT2D eigenvalue weighted by Crippen LogP contribution is -2.18. The summed E-state index contributed by atoms with van der Waals surface area (Å²) in [5.41, 5.74) is 0.966. The topological polar surface area (TPSA) is 24.1 Å². The molecule has 0 rings (SSSR count). The minimum Gasteiger partial charge on any atom is -0.322 e. The van der Waals surface area contributed by atoms with Crippen molar-refractivity contribution in [3.8, 4) is 0 Å². The lowest BCUT2D eigenvalue weighted by molar-refractivity contribution is 0.768. The average Bonchev–Trinajstić information content (AvgIpc) is 1.63. The Balaban J connectivity index is 3.01. The van der Waals surface area contributed by atoms with E-state index in [9.17, 15) is 0 Å². The van der Waals surface area contributed by atoms with Gasteiger partial charge in [0.05, 0.1) is 0 Å². The molecule has 3 heteroatoms. The fourth-order valence-electron chi connectivity index (χ4n) is 0.234. The molecule has 0 aliphatic carbocycles. The van der Waals surface area contributed by atoms with Crippen molar-refractivity contribution in [2.75, 3.05) is 0 Å². The van der Waals surface area contributed by atoms with Crippen molar-refractivity contribution in [2.24, 2.45) is 0 Å². The van der Waals surface area contributed by atoms with Gasteiger partial charge in [-0.05, 0) is 20.8 Å². The highest BCUT2D eigenvalue weighted by Crippen LogP contribution is 1.92. The summed E-state index contributed by atoms with van der Waals surface area (Å²) in [6.45, 7) is 9.79. The van der Waals surface area contributed by atoms with Gasteiger partial charge in [0.1, 0.15) is 0 Å². The summed E-state index contributed by atoms with van der Waals surface area (Å²) in [4.78, 5) is 0. The molecule has 0 bridgehead atoms. The van der Waals surface area contributed by atoms with Gasteiger partial charge in [0.15, 0.2) is 0 Å². The zero-order chi connectivity index (χ0) is 7.28. The van der Waals surface area contributed by atoms with Crippen LogP contribution >= 0.6 is 12.1 Å². The number of rotatable bonds is 4. The second-order valence-corrected chi connectivity index (χ2v) is 2.90. The van der Waals surface area contributed by atoms with Crippen LogP contribution in [0.2, 0.25) is 0 Å². The van der Waals surface area contributed by atoms with E-state index < -0.39 is 0 Å². The molecule has 0 radical (unpaired) electrons. The molecule has 0 aliphatic rings. The minimum atomic E-state index is 0.502. The van der Waals surface area contributed by atoms with Gasteiger partial charge in [0.25, 0.3) is 0 Å². The van der Waals surface area contributed by atoms with Gasteiger partial charge in [-0.15, -0.1) is 0 Å². The molecule has 0 fully saturated rings. The van der Waals surface area contributed by atoms with Crippen LogP contribution in [0.4, 0.5) is 0 Å². The molecule has 0 aliphatic heterocycles. The molecule has 2 nitrogen and oxygen atoms in total. The first-order valence-electron chi connectivity index (χ1n) is 2.96. The van der Waals surface area contributed by atoms with Crippen molar-refractivity contribution >= 4 is 12.1 Å². The Hall–Kier alpha value is -0.150. The van der Waals surface area contributed by atoms with Crippen LogP contribution in [0.5, 0.6) is 0 Å².